The van der Waals surface area contributed by atoms with Gasteiger partial charge in [-0.15, -0.1) is 0 Å². The maximum atomic E-state index is 13.2. The molecule has 0 aromatic carbocycles. The number of rotatable bonds is 45. The molecule has 2 saturated heterocycles. The van der Waals surface area contributed by atoms with E-state index < -0.39 is 86.8 Å². The lowest BCUT2D eigenvalue weighted by Crippen LogP contribution is -2.65. The molecule has 0 aromatic heterocycles. The maximum absolute atomic E-state index is 13.2. The van der Waals surface area contributed by atoms with Crippen LogP contribution in [0.3, 0.4) is 0 Å². The molecule has 416 valence electrons. The SMILES string of the molecule is CCCCCCC/C=C\C/C=C\CCCCCCCCCCCCCCCCCCCC(=O)NC(COC1OC(CO)C(OC2OC(CO)C(O)C(O)C2O)C(O)C1O)C(O)/C=C/CCCCCCCC. The van der Waals surface area contributed by atoms with Crippen LogP contribution in [0, 0.1) is 0 Å². The lowest BCUT2D eigenvalue weighted by Gasteiger charge is -2.46. The molecule has 0 aromatic rings. The highest BCUT2D eigenvalue weighted by Crippen LogP contribution is 2.30. The van der Waals surface area contributed by atoms with Crippen LogP contribution in [0.4, 0.5) is 0 Å². The standard InChI is InChI=1S/C57H105NO13/c1-3-5-7-9-11-13-14-15-16-17-18-19-20-21-22-23-24-25-26-27-28-29-30-31-32-33-35-37-39-41-49(62)58-45(46(61)40-38-36-34-12-10-8-6-4-2)44-68-56-54(67)52(65)55(48(43-60)70-56)71-57-53(66)51(64)50(63)47(42-59)69-57/h14-15,17-18,38,40,45-48,50-57,59-61,63-67H,3-13,16,19-37,39,41-44H2,1-2H3,(H,58,62)/b15-14-,18-17-,40-38+. The van der Waals surface area contributed by atoms with Crippen molar-refractivity contribution < 1.29 is 64.6 Å². The van der Waals surface area contributed by atoms with Crippen LogP contribution in [0.5, 0.6) is 0 Å². The molecule has 12 atom stereocenters. The van der Waals surface area contributed by atoms with Crippen molar-refractivity contribution in [1.29, 1.82) is 0 Å². The zero-order valence-electron chi connectivity index (χ0n) is 44.5. The van der Waals surface area contributed by atoms with Gasteiger partial charge in [0.15, 0.2) is 12.6 Å². The lowest BCUT2D eigenvalue weighted by molar-refractivity contribution is -0.359. The third-order valence-corrected chi connectivity index (χ3v) is 14.1. The van der Waals surface area contributed by atoms with Crippen molar-refractivity contribution in [2.75, 3.05) is 19.8 Å². The number of hydrogen-bond acceptors (Lipinski definition) is 13. The zero-order chi connectivity index (χ0) is 51.7. The van der Waals surface area contributed by atoms with E-state index in [1.807, 2.05) is 6.08 Å². The molecular formula is C57H105NO13. The molecule has 2 aliphatic heterocycles. The van der Waals surface area contributed by atoms with Gasteiger partial charge in [-0.3, -0.25) is 4.79 Å². The number of nitrogens with one attached hydrogen (secondary N) is 1. The normalized spacial score (nSPS) is 26.0. The maximum Gasteiger partial charge on any atom is 0.220 e. The van der Waals surface area contributed by atoms with Crippen molar-refractivity contribution in [2.45, 2.75) is 299 Å². The van der Waals surface area contributed by atoms with Crippen LogP contribution in [0.15, 0.2) is 36.5 Å². The van der Waals surface area contributed by atoms with Crippen molar-refractivity contribution >= 4 is 5.91 Å². The highest BCUT2D eigenvalue weighted by molar-refractivity contribution is 5.76. The molecule has 0 spiro atoms. The summed E-state index contributed by atoms with van der Waals surface area (Å²) >= 11 is 0. The number of aliphatic hydroxyl groups is 8. The lowest BCUT2D eigenvalue weighted by atomic mass is 9.97. The van der Waals surface area contributed by atoms with Gasteiger partial charge in [0.1, 0.15) is 48.8 Å². The second-order valence-corrected chi connectivity index (χ2v) is 20.4. The van der Waals surface area contributed by atoms with Gasteiger partial charge in [-0.25, -0.2) is 0 Å². The Labute approximate surface area is 430 Å². The summed E-state index contributed by atoms with van der Waals surface area (Å²) in [5.74, 6) is -0.241. The quantitative estimate of drug-likeness (QED) is 0.0205. The average molecular weight is 1010 g/mol. The number of carbonyl (C=O) groups excluding carboxylic acids is 1. The molecule has 12 unspecified atom stereocenters. The van der Waals surface area contributed by atoms with Gasteiger partial charge in [0, 0.05) is 6.42 Å². The first-order valence-electron chi connectivity index (χ1n) is 28.7. The molecule has 9 N–H and O–H groups in total. The summed E-state index contributed by atoms with van der Waals surface area (Å²) in [5, 5.41) is 86.6. The summed E-state index contributed by atoms with van der Waals surface area (Å²) in [6, 6.07) is -0.910. The fourth-order valence-corrected chi connectivity index (χ4v) is 9.38. The van der Waals surface area contributed by atoms with Gasteiger partial charge in [-0.1, -0.05) is 204 Å². The summed E-state index contributed by atoms with van der Waals surface area (Å²) < 4.78 is 22.7. The highest BCUT2D eigenvalue weighted by atomic mass is 16.7. The van der Waals surface area contributed by atoms with Gasteiger partial charge in [-0.2, -0.15) is 0 Å². The minimum absolute atomic E-state index is 0.241. The van der Waals surface area contributed by atoms with Crippen LogP contribution in [0.1, 0.15) is 226 Å². The van der Waals surface area contributed by atoms with E-state index >= 15 is 0 Å². The van der Waals surface area contributed by atoms with Crippen molar-refractivity contribution in [3.05, 3.63) is 36.5 Å². The Kier molecular flexibility index (Phi) is 40.0. The number of hydrogen-bond donors (Lipinski definition) is 9. The molecule has 0 radical (unpaired) electrons. The zero-order valence-corrected chi connectivity index (χ0v) is 44.5. The number of carbonyl (C=O) groups is 1. The largest absolute Gasteiger partial charge is 0.394 e. The van der Waals surface area contributed by atoms with E-state index in [-0.39, 0.29) is 18.9 Å². The molecule has 0 saturated carbocycles. The van der Waals surface area contributed by atoms with Gasteiger partial charge in [0.05, 0.1) is 32.0 Å². The molecule has 0 bridgehead atoms. The number of ether oxygens (including phenoxy) is 4. The van der Waals surface area contributed by atoms with Crippen LogP contribution in [0.2, 0.25) is 0 Å². The third-order valence-electron chi connectivity index (χ3n) is 14.1. The van der Waals surface area contributed by atoms with E-state index in [1.165, 1.54) is 148 Å². The first-order valence-corrected chi connectivity index (χ1v) is 28.7. The van der Waals surface area contributed by atoms with Gasteiger partial charge < -0.3 is 65.1 Å². The molecular weight excluding hydrogens is 907 g/mol. The Morgan fingerprint density at radius 3 is 1.41 bits per heavy atom. The Balaban J connectivity index is 1.63. The topological polar surface area (TPSA) is 228 Å². The van der Waals surface area contributed by atoms with E-state index in [9.17, 15) is 45.6 Å². The molecule has 2 rings (SSSR count). The summed E-state index contributed by atoms with van der Waals surface area (Å²) in [5.41, 5.74) is 0. The highest BCUT2D eigenvalue weighted by Gasteiger charge is 2.51. The molecule has 2 fully saturated rings. The first-order chi connectivity index (χ1) is 34.6. The number of allylic oxidation sites excluding steroid dienone is 5. The molecule has 2 heterocycles. The van der Waals surface area contributed by atoms with E-state index in [0.29, 0.717) is 6.42 Å². The number of amides is 1. The Hall–Kier alpha value is -1.79. The molecule has 14 nitrogen and oxygen atoms in total. The first kappa shape index (κ1) is 65.3. The van der Waals surface area contributed by atoms with Crippen LogP contribution in [-0.4, -0.2) is 140 Å². The molecule has 1 amide bonds. The number of aliphatic hydroxyl groups excluding tert-OH is 8. The smallest absolute Gasteiger partial charge is 0.220 e. The van der Waals surface area contributed by atoms with E-state index in [1.54, 1.807) is 6.08 Å². The summed E-state index contributed by atoms with van der Waals surface area (Å²) in [6.07, 6.45) is 35.1. The Morgan fingerprint density at radius 1 is 0.507 bits per heavy atom. The minimum atomic E-state index is -1.79. The van der Waals surface area contributed by atoms with Crippen molar-refractivity contribution in [1.82, 2.24) is 5.32 Å². The van der Waals surface area contributed by atoms with Crippen LogP contribution in [0.25, 0.3) is 0 Å². The molecule has 2 aliphatic rings. The van der Waals surface area contributed by atoms with Crippen molar-refractivity contribution in [2.24, 2.45) is 0 Å². The fourth-order valence-electron chi connectivity index (χ4n) is 9.38. The fraction of sp³-hybridized carbons (Fsp3) is 0.877. The molecule has 0 aliphatic carbocycles. The average Bonchev–Trinajstić information content (AvgIpc) is 3.37. The molecule has 14 heteroatoms. The van der Waals surface area contributed by atoms with Crippen LogP contribution < -0.4 is 5.32 Å². The van der Waals surface area contributed by atoms with Crippen molar-refractivity contribution in [3.8, 4) is 0 Å². The van der Waals surface area contributed by atoms with Gasteiger partial charge in [0.25, 0.3) is 0 Å². The molecule has 71 heavy (non-hydrogen) atoms. The second-order valence-electron chi connectivity index (χ2n) is 20.4. The monoisotopic (exact) mass is 1010 g/mol. The predicted octanol–water partition coefficient (Wildman–Crippen LogP) is 9.05. The summed E-state index contributed by atoms with van der Waals surface area (Å²) in [6.45, 7) is 2.73. The summed E-state index contributed by atoms with van der Waals surface area (Å²) in [4.78, 5) is 13.2. The van der Waals surface area contributed by atoms with Crippen LogP contribution in [-0.2, 0) is 23.7 Å². The van der Waals surface area contributed by atoms with Gasteiger partial charge in [0.2, 0.25) is 5.91 Å². The Bertz CT molecular complexity index is 1330. The second kappa shape index (κ2) is 43.4. The van der Waals surface area contributed by atoms with Gasteiger partial charge >= 0.3 is 0 Å². The third kappa shape index (κ3) is 29.8. The van der Waals surface area contributed by atoms with E-state index in [0.717, 1.165) is 51.4 Å². The van der Waals surface area contributed by atoms with E-state index in [4.69, 9.17) is 18.9 Å². The minimum Gasteiger partial charge on any atom is -0.394 e. The Morgan fingerprint density at radius 2 is 0.930 bits per heavy atom. The van der Waals surface area contributed by atoms with Crippen molar-refractivity contribution in [3.63, 3.8) is 0 Å². The van der Waals surface area contributed by atoms with Gasteiger partial charge in [-0.05, 0) is 51.4 Å². The van der Waals surface area contributed by atoms with E-state index in [2.05, 4.69) is 43.5 Å². The predicted molar refractivity (Wildman–Crippen MR) is 281 cm³/mol. The summed E-state index contributed by atoms with van der Waals surface area (Å²) in [7, 11) is 0. The number of unbranched alkanes of at least 4 members (excludes halogenated alkanes) is 28. The van der Waals surface area contributed by atoms with Crippen LogP contribution >= 0.6 is 0 Å².